The lowest BCUT2D eigenvalue weighted by atomic mass is 9.53. The summed E-state index contributed by atoms with van der Waals surface area (Å²) in [6.45, 7) is 3.77. The lowest BCUT2D eigenvalue weighted by molar-refractivity contribution is -0.119. The number of urea groups is 1. The Hall–Kier alpha value is -2.42. The molecule has 1 atom stereocenters. The van der Waals surface area contributed by atoms with Crippen molar-refractivity contribution in [1.82, 2.24) is 30.8 Å². The largest absolute Gasteiger partial charge is 0.332 e. The van der Waals surface area contributed by atoms with Crippen LogP contribution in [0, 0.1) is 24.7 Å². The molecule has 0 spiro atoms. The molecule has 9 heteroatoms. The van der Waals surface area contributed by atoms with Crippen molar-refractivity contribution in [2.45, 2.75) is 68.3 Å². The van der Waals surface area contributed by atoms with Crippen molar-refractivity contribution >= 4 is 23.7 Å². The predicted octanol–water partition coefficient (Wildman–Crippen LogP) is 3.25. The van der Waals surface area contributed by atoms with Crippen LogP contribution in [0.25, 0.3) is 5.69 Å². The number of aromatic nitrogens is 4. The number of carbonyl (C=O) groups excluding carboxylic acids is 2. The summed E-state index contributed by atoms with van der Waals surface area (Å²) in [5.74, 6) is 1.86. The van der Waals surface area contributed by atoms with Gasteiger partial charge in [-0.25, -0.2) is 4.79 Å². The number of aryl methyl sites for hydroxylation is 1. The number of imide groups is 1. The van der Waals surface area contributed by atoms with E-state index in [0.29, 0.717) is 5.16 Å². The molecule has 4 aliphatic carbocycles. The minimum Gasteiger partial charge on any atom is -0.332 e. The second-order valence-electron chi connectivity index (χ2n) is 9.61. The molecule has 164 valence electrons. The minimum absolute atomic E-state index is 0.120. The second kappa shape index (κ2) is 7.93. The average Bonchev–Trinajstić information content (AvgIpc) is 3.15. The fourth-order valence-corrected chi connectivity index (χ4v) is 6.87. The Morgan fingerprint density at radius 1 is 1.10 bits per heavy atom. The van der Waals surface area contributed by atoms with Gasteiger partial charge in [0.05, 0.1) is 10.9 Å². The van der Waals surface area contributed by atoms with Gasteiger partial charge in [0, 0.05) is 5.54 Å². The van der Waals surface area contributed by atoms with E-state index < -0.39 is 5.25 Å². The molecular weight excluding hydrogens is 412 g/mol. The van der Waals surface area contributed by atoms with Crippen molar-refractivity contribution in [2.24, 2.45) is 17.8 Å². The van der Waals surface area contributed by atoms with E-state index in [1.54, 1.807) is 11.6 Å². The average molecular weight is 441 g/mol. The van der Waals surface area contributed by atoms with E-state index in [2.05, 4.69) is 26.2 Å². The maximum atomic E-state index is 12.7. The van der Waals surface area contributed by atoms with Gasteiger partial charge in [0.2, 0.25) is 11.1 Å². The number of nitrogens with zero attached hydrogens (tertiary/aromatic N) is 4. The third-order valence-electron chi connectivity index (χ3n) is 7.02. The highest BCUT2D eigenvalue weighted by Gasteiger charge is 2.51. The molecule has 1 aromatic heterocycles. The van der Waals surface area contributed by atoms with Crippen LogP contribution in [0.5, 0.6) is 0 Å². The predicted molar refractivity (Wildman–Crippen MR) is 117 cm³/mol. The molecule has 31 heavy (non-hydrogen) atoms. The van der Waals surface area contributed by atoms with E-state index in [1.165, 1.54) is 31.0 Å². The normalized spacial score (nSPS) is 29.5. The number of tetrazole rings is 1. The summed E-state index contributed by atoms with van der Waals surface area (Å²) < 4.78 is 1.60. The summed E-state index contributed by atoms with van der Waals surface area (Å²) in [5.41, 5.74) is 1.85. The molecule has 0 radical (unpaired) electrons. The Kier molecular flexibility index (Phi) is 5.24. The lowest BCUT2D eigenvalue weighted by Gasteiger charge is -2.56. The van der Waals surface area contributed by atoms with E-state index in [1.807, 2.05) is 31.2 Å². The first-order valence-corrected chi connectivity index (χ1v) is 11.9. The molecule has 2 aromatic rings. The Balaban J connectivity index is 1.19. The summed E-state index contributed by atoms with van der Waals surface area (Å²) in [6.07, 6.45) is 7.09. The van der Waals surface area contributed by atoms with Crippen molar-refractivity contribution < 1.29 is 9.59 Å². The highest BCUT2D eigenvalue weighted by atomic mass is 32.2. The van der Waals surface area contributed by atoms with E-state index in [9.17, 15) is 9.59 Å². The van der Waals surface area contributed by atoms with Gasteiger partial charge in [0.25, 0.3) is 0 Å². The fraction of sp³-hybridized carbons (Fsp3) is 0.591. The van der Waals surface area contributed by atoms with Gasteiger partial charge in [0.1, 0.15) is 0 Å². The van der Waals surface area contributed by atoms with Crippen LogP contribution < -0.4 is 10.6 Å². The lowest BCUT2D eigenvalue weighted by Crippen LogP contribution is -2.62. The van der Waals surface area contributed by atoms with Gasteiger partial charge in [-0.15, -0.1) is 5.10 Å². The first kappa shape index (κ1) is 20.5. The van der Waals surface area contributed by atoms with Crippen LogP contribution >= 0.6 is 11.8 Å². The zero-order valence-electron chi connectivity index (χ0n) is 17.9. The van der Waals surface area contributed by atoms with Crippen LogP contribution in [0.2, 0.25) is 0 Å². The standard InChI is InChI=1S/C22H28N6O2S/c1-13-3-5-18(6-4-13)28-21(25-26-27-28)31-14(2)19(29)23-20(30)24-22-10-15-7-16(11-22)9-17(8-15)12-22/h3-6,14-17H,7-12H2,1-2H3,(H2,23,24,29,30). The molecule has 4 saturated carbocycles. The first-order chi connectivity index (χ1) is 14.9. The van der Waals surface area contributed by atoms with E-state index >= 15 is 0 Å². The minimum atomic E-state index is -0.516. The molecule has 4 fully saturated rings. The van der Waals surface area contributed by atoms with E-state index in [-0.39, 0.29) is 17.5 Å². The van der Waals surface area contributed by atoms with Crippen LogP contribution in [0.15, 0.2) is 29.4 Å². The summed E-state index contributed by atoms with van der Waals surface area (Å²) in [5, 5.41) is 17.6. The number of rotatable bonds is 5. The molecule has 1 aromatic carbocycles. The molecule has 3 amide bonds. The third-order valence-corrected chi connectivity index (χ3v) is 8.06. The van der Waals surface area contributed by atoms with Crippen LogP contribution in [0.4, 0.5) is 4.79 Å². The molecule has 2 N–H and O–H groups in total. The molecular formula is C22H28N6O2S. The van der Waals surface area contributed by atoms with Gasteiger partial charge in [-0.2, -0.15) is 4.68 Å². The van der Waals surface area contributed by atoms with Gasteiger partial charge in [-0.3, -0.25) is 10.1 Å². The third kappa shape index (κ3) is 4.20. The number of hydrogen-bond donors (Lipinski definition) is 2. The van der Waals surface area contributed by atoms with Gasteiger partial charge in [-0.05, 0) is 92.7 Å². The highest BCUT2D eigenvalue weighted by molar-refractivity contribution is 8.00. The van der Waals surface area contributed by atoms with Crippen molar-refractivity contribution in [3.8, 4) is 5.69 Å². The summed E-state index contributed by atoms with van der Waals surface area (Å²) >= 11 is 1.23. The van der Waals surface area contributed by atoms with Gasteiger partial charge in [0.15, 0.2) is 0 Å². The fourth-order valence-electron chi connectivity index (χ4n) is 6.06. The monoisotopic (exact) mass is 440 g/mol. The van der Waals surface area contributed by atoms with Crippen molar-refractivity contribution in [3.63, 3.8) is 0 Å². The Morgan fingerprint density at radius 2 is 1.71 bits per heavy atom. The van der Waals surface area contributed by atoms with Gasteiger partial charge < -0.3 is 5.32 Å². The number of benzene rings is 1. The van der Waals surface area contributed by atoms with Crippen molar-refractivity contribution in [3.05, 3.63) is 29.8 Å². The Bertz CT molecular complexity index is 953. The van der Waals surface area contributed by atoms with Crippen LogP contribution in [-0.2, 0) is 4.79 Å². The van der Waals surface area contributed by atoms with Crippen LogP contribution in [0.1, 0.15) is 51.0 Å². The summed E-state index contributed by atoms with van der Waals surface area (Å²) in [7, 11) is 0. The first-order valence-electron chi connectivity index (χ1n) is 11.0. The maximum absolute atomic E-state index is 12.7. The molecule has 1 unspecified atom stereocenters. The SMILES string of the molecule is Cc1ccc(-n2nnnc2SC(C)C(=O)NC(=O)NC23CC4CC(CC(C4)C2)C3)cc1. The molecule has 0 aliphatic heterocycles. The Morgan fingerprint density at radius 3 is 2.32 bits per heavy atom. The number of carbonyl (C=O) groups is 2. The van der Waals surface area contributed by atoms with E-state index in [0.717, 1.165) is 48.3 Å². The quantitative estimate of drug-likeness (QED) is 0.692. The molecule has 6 rings (SSSR count). The molecule has 1 heterocycles. The number of thioether (sulfide) groups is 1. The highest BCUT2D eigenvalue weighted by Crippen LogP contribution is 2.55. The molecule has 4 aliphatic rings. The number of hydrogen-bond acceptors (Lipinski definition) is 6. The van der Waals surface area contributed by atoms with Crippen molar-refractivity contribution in [2.75, 3.05) is 0 Å². The van der Waals surface area contributed by atoms with Crippen LogP contribution in [-0.4, -0.2) is 42.9 Å². The topological polar surface area (TPSA) is 102 Å². The zero-order valence-corrected chi connectivity index (χ0v) is 18.7. The smallest absolute Gasteiger partial charge is 0.321 e. The second-order valence-corrected chi connectivity index (χ2v) is 10.9. The number of amides is 3. The summed E-state index contributed by atoms with van der Waals surface area (Å²) in [6, 6.07) is 7.45. The summed E-state index contributed by atoms with van der Waals surface area (Å²) in [4.78, 5) is 25.4. The van der Waals surface area contributed by atoms with Crippen molar-refractivity contribution in [1.29, 1.82) is 0 Å². The maximum Gasteiger partial charge on any atom is 0.321 e. The van der Waals surface area contributed by atoms with Gasteiger partial charge in [-0.1, -0.05) is 29.5 Å². The molecule has 4 bridgehead atoms. The molecule has 8 nitrogen and oxygen atoms in total. The molecule has 0 saturated heterocycles. The van der Waals surface area contributed by atoms with Gasteiger partial charge >= 0.3 is 6.03 Å². The number of nitrogens with one attached hydrogen (secondary N) is 2. The van der Waals surface area contributed by atoms with Crippen LogP contribution in [0.3, 0.4) is 0 Å². The zero-order chi connectivity index (χ0) is 21.6. The Labute approximate surface area is 185 Å². The van der Waals surface area contributed by atoms with E-state index in [4.69, 9.17) is 0 Å².